The summed E-state index contributed by atoms with van der Waals surface area (Å²) < 4.78 is 0. The molecule has 2 aromatic rings. The summed E-state index contributed by atoms with van der Waals surface area (Å²) in [6.45, 7) is 9.29. The van der Waals surface area contributed by atoms with Crippen LogP contribution >= 0.6 is 0 Å². The second kappa shape index (κ2) is 8.04. The number of amides is 1. The topological polar surface area (TPSA) is 36.4 Å². The highest BCUT2D eigenvalue weighted by atomic mass is 16.2. The van der Waals surface area contributed by atoms with E-state index < -0.39 is 0 Å². The van der Waals surface area contributed by atoms with Gasteiger partial charge in [0.25, 0.3) is 0 Å². The monoisotopic (exact) mass is 377 g/mol. The highest BCUT2D eigenvalue weighted by Crippen LogP contribution is 2.41. The fraction of sp³-hybridized carbons (Fsp3) is 0.500. The lowest BCUT2D eigenvalue weighted by atomic mass is 9.85. The second-order valence-electron chi connectivity index (χ2n) is 8.96. The van der Waals surface area contributed by atoms with Gasteiger partial charge in [0.1, 0.15) is 0 Å². The molecule has 4 heteroatoms. The molecule has 2 fully saturated rings. The summed E-state index contributed by atoms with van der Waals surface area (Å²) in [5, 5.41) is 0. The first kappa shape index (κ1) is 19.1. The standard InChI is InChI=1S/C24H31N3O/c1-19(2)22(21-8-4-3-5-9-21)23(28)27-14-11-24(18-27)10-13-26(17-24)16-20-7-6-12-25-15-20/h3-9,12,15,19,22H,10-11,13-14,16-18H2,1-2H3. The van der Waals surface area contributed by atoms with E-state index in [0.29, 0.717) is 11.8 Å². The minimum absolute atomic E-state index is 0.0377. The molecule has 1 aromatic heterocycles. The van der Waals surface area contributed by atoms with Gasteiger partial charge in [0.2, 0.25) is 5.91 Å². The van der Waals surface area contributed by atoms with E-state index in [9.17, 15) is 4.79 Å². The maximum Gasteiger partial charge on any atom is 0.230 e. The molecule has 1 spiro atoms. The van der Waals surface area contributed by atoms with Crippen LogP contribution < -0.4 is 0 Å². The fourth-order valence-electron chi connectivity index (χ4n) is 5.04. The molecule has 2 saturated heterocycles. The molecule has 2 atom stereocenters. The summed E-state index contributed by atoms with van der Waals surface area (Å²) in [6.07, 6.45) is 6.10. The van der Waals surface area contributed by atoms with Gasteiger partial charge in [-0.15, -0.1) is 0 Å². The van der Waals surface area contributed by atoms with Crippen LogP contribution in [0.2, 0.25) is 0 Å². The summed E-state index contributed by atoms with van der Waals surface area (Å²) in [4.78, 5) is 22.3. The second-order valence-corrected chi connectivity index (χ2v) is 8.96. The molecule has 2 aliphatic heterocycles. The number of pyridine rings is 1. The molecule has 2 aliphatic rings. The van der Waals surface area contributed by atoms with Crippen LogP contribution in [0.4, 0.5) is 0 Å². The lowest BCUT2D eigenvalue weighted by Gasteiger charge is -2.29. The van der Waals surface area contributed by atoms with Gasteiger partial charge in [-0.2, -0.15) is 0 Å². The van der Waals surface area contributed by atoms with Crippen LogP contribution in [0.15, 0.2) is 54.9 Å². The molecule has 28 heavy (non-hydrogen) atoms. The van der Waals surface area contributed by atoms with Crippen LogP contribution in [0.3, 0.4) is 0 Å². The van der Waals surface area contributed by atoms with Crippen molar-refractivity contribution < 1.29 is 4.79 Å². The zero-order valence-electron chi connectivity index (χ0n) is 17.1. The smallest absolute Gasteiger partial charge is 0.230 e. The zero-order valence-corrected chi connectivity index (χ0v) is 17.1. The predicted octanol–water partition coefficient (Wildman–Crippen LogP) is 3.95. The van der Waals surface area contributed by atoms with Crippen molar-refractivity contribution in [1.82, 2.24) is 14.8 Å². The summed E-state index contributed by atoms with van der Waals surface area (Å²) in [6, 6.07) is 14.4. The van der Waals surface area contributed by atoms with Crippen LogP contribution in [-0.4, -0.2) is 46.9 Å². The SMILES string of the molecule is CC(C)C(C(=O)N1CCC2(CCN(Cc3cccnc3)C2)C1)c1ccccc1. The average Bonchev–Trinajstić information content (AvgIpc) is 3.30. The van der Waals surface area contributed by atoms with E-state index in [1.54, 1.807) is 0 Å². The number of likely N-dealkylation sites (tertiary alicyclic amines) is 2. The Morgan fingerprint density at radius 2 is 1.86 bits per heavy atom. The van der Waals surface area contributed by atoms with Crippen molar-refractivity contribution in [2.75, 3.05) is 26.2 Å². The Kier molecular flexibility index (Phi) is 5.49. The van der Waals surface area contributed by atoms with Crippen LogP contribution in [0.5, 0.6) is 0 Å². The van der Waals surface area contributed by atoms with Gasteiger partial charge in [0, 0.05) is 44.0 Å². The van der Waals surface area contributed by atoms with Crippen LogP contribution in [0.25, 0.3) is 0 Å². The third-order valence-corrected chi connectivity index (χ3v) is 6.49. The predicted molar refractivity (Wildman–Crippen MR) is 112 cm³/mol. The Bertz CT molecular complexity index is 792. The Hall–Kier alpha value is -2.20. The first-order valence-corrected chi connectivity index (χ1v) is 10.5. The number of hydrogen-bond donors (Lipinski definition) is 0. The quantitative estimate of drug-likeness (QED) is 0.792. The Labute approximate surface area is 168 Å². The molecule has 0 N–H and O–H groups in total. The summed E-state index contributed by atoms with van der Waals surface area (Å²) >= 11 is 0. The van der Waals surface area contributed by atoms with Crippen LogP contribution in [0.1, 0.15) is 43.7 Å². The van der Waals surface area contributed by atoms with E-state index in [0.717, 1.165) is 44.7 Å². The summed E-state index contributed by atoms with van der Waals surface area (Å²) in [5.74, 6) is 0.574. The van der Waals surface area contributed by atoms with Crippen molar-refractivity contribution in [3.05, 3.63) is 66.0 Å². The van der Waals surface area contributed by atoms with Gasteiger partial charge in [-0.3, -0.25) is 14.7 Å². The minimum atomic E-state index is -0.0377. The van der Waals surface area contributed by atoms with Gasteiger partial charge in [-0.25, -0.2) is 0 Å². The molecule has 0 aliphatic carbocycles. The molecular formula is C24H31N3O. The van der Waals surface area contributed by atoms with Crippen LogP contribution in [0, 0.1) is 11.3 Å². The third-order valence-electron chi connectivity index (χ3n) is 6.49. The van der Waals surface area contributed by atoms with E-state index in [1.165, 1.54) is 12.0 Å². The van der Waals surface area contributed by atoms with Crippen molar-refractivity contribution in [3.8, 4) is 0 Å². The van der Waals surface area contributed by atoms with Gasteiger partial charge >= 0.3 is 0 Å². The first-order chi connectivity index (χ1) is 13.6. The van der Waals surface area contributed by atoms with Gasteiger partial charge in [-0.1, -0.05) is 50.2 Å². The van der Waals surface area contributed by atoms with Crippen molar-refractivity contribution in [2.45, 2.75) is 39.2 Å². The number of carbonyl (C=O) groups is 1. The van der Waals surface area contributed by atoms with Crippen molar-refractivity contribution in [1.29, 1.82) is 0 Å². The minimum Gasteiger partial charge on any atom is -0.342 e. The Morgan fingerprint density at radius 1 is 1.07 bits per heavy atom. The van der Waals surface area contributed by atoms with E-state index >= 15 is 0 Å². The molecule has 148 valence electrons. The van der Waals surface area contributed by atoms with E-state index in [2.05, 4.69) is 46.8 Å². The summed E-state index contributed by atoms with van der Waals surface area (Å²) in [7, 11) is 0. The molecule has 0 bridgehead atoms. The number of rotatable bonds is 5. The fourth-order valence-corrected chi connectivity index (χ4v) is 5.04. The Morgan fingerprint density at radius 3 is 2.57 bits per heavy atom. The average molecular weight is 378 g/mol. The Balaban J connectivity index is 1.41. The third kappa shape index (κ3) is 3.97. The summed E-state index contributed by atoms with van der Waals surface area (Å²) in [5.41, 5.74) is 2.69. The molecular weight excluding hydrogens is 346 g/mol. The zero-order chi connectivity index (χ0) is 19.6. The van der Waals surface area contributed by atoms with Gasteiger partial charge < -0.3 is 4.90 Å². The van der Waals surface area contributed by atoms with Crippen molar-refractivity contribution >= 4 is 5.91 Å². The lowest BCUT2D eigenvalue weighted by Crippen LogP contribution is -2.38. The number of aromatic nitrogens is 1. The number of nitrogens with zero attached hydrogens (tertiary/aromatic N) is 3. The van der Waals surface area contributed by atoms with Gasteiger partial charge in [0.05, 0.1) is 5.92 Å². The highest BCUT2D eigenvalue weighted by molar-refractivity contribution is 5.84. The van der Waals surface area contributed by atoms with Gasteiger partial charge in [0.15, 0.2) is 0 Å². The van der Waals surface area contributed by atoms with E-state index in [1.807, 2.05) is 36.7 Å². The normalized spacial score (nSPS) is 23.6. The van der Waals surface area contributed by atoms with Crippen LogP contribution in [-0.2, 0) is 11.3 Å². The van der Waals surface area contributed by atoms with Crippen molar-refractivity contribution in [2.24, 2.45) is 11.3 Å². The first-order valence-electron chi connectivity index (χ1n) is 10.5. The lowest BCUT2D eigenvalue weighted by molar-refractivity contribution is -0.133. The number of benzene rings is 1. The highest BCUT2D eigenvalue weighted by Gasteiger charge is 2.45. The number of hydrogen-bond acceptors (Lipinski definition) is 3. The molecule has 4 rings (SSSR count). The van der Waals surface area contributed by atoms with Gasteiger partial charge in [-0.05, 0) is 42.5 Å². The van der Waals surface area contributed by atoms with E-state index in [-0.39, 0.29) is 11.3 Å². The van der Waals surface area contributed by atoms with Crippen molar-refractivity contribution in [3.63, 3.8) is 0 Å². The molecule has 3 heterocycles. The maximum atomic E-state index is 13.4. The van der Waals surface area contributed by atoms with E-state index in [4.69, 9.17) is 0 Å². The number of carbonyl (C=O) groups excluding carboxylic acids is 1. The molecule has 1 aromatic carbocycles. The maximum absolute atomic E-state index is 13.4. The largest absolute Gasteiger partial charge is 0.342 e. The molecule has 4 nitrogen and oxygen atoms in total. The molecule has 1 amide bonds. The molecule has 2 unspecified atom stereocenters. The molecule has 0 radical (unpaired) electrons. The molecule has 0 saturated carbocycles.